The molecule has 1 atom stereocenters. The van der Waals surface area contributed by atoms with Crippen LogP contribution in [0.15, 0.2) is 63.8 Å². The molecular weight excluding hydrogens is 454 g/mol. The van der Waals surface area contributed by atoms with Gasteiger partial charge in [-0.25, -0.2) is 9.79 Å². The highest BCUT2D eigenvalue weighted by Gasteiger charge is 2.33. The zero-order chi connectivity index (χ0) is 24.2. The lowest BCUT2D eigenvalue weighted by Crippen LogP contribution is -2.40. The van der Waals surface area contributed by atoms with Gasteiger partial charge in [0.2, 0.25) is 0 Å². The Labute approximate surface area is 200 Å². The van der Waals surface area contributed by atoms with Gasteiger partial charge in [0.05, 0.1) is 42.2 Å². The zero-order valence-electron chi connectivity index (χ0n) is 19.4. The summed E-state index contributed by atoms with van der Waals surface area (Å²) in [5, 5.41) is 0. The molecule has 0 radical (unpaired) electrons. The van der Waals surface area contributed by atoms with Crippen molar-refractivity contribution < 1.29 is 19.0 Å². The van der Waals surface area contributed by atoms with Gasteiger partial charge in [-0.15, -0.1) is 0 Å². The van der Waals surface area contributed by atoms with Crippen LogP contribution in [0.2, 0.25) is 0 Å². The first kappa shape index (κ1) is 23.4. The minimum Gasteiger partial charge on any atom is -0.493 e. The van der Waals surface area contributed by atoms with Gasteiger partial charge in [-0.3, -0.25) is 14.3 Å². The second-order valence-corrected chi connectivity index (χ2v) is 8.44. The van der Waals surface area contributed by atoms with Gasteiger partial charge < -0.3 is 14.2 Å². The van der Waals surface area contributed by atoms with Crippen molar-refractivity contribution in [1.29, 1.82) is 0 Å². The number of benzene rings is 1. The summed E-state index contributed by atoms with van der Waals surface area (Å²) in [6, 6.07) is 8.31. The molecule has 0 N–H and O–H groups in total. The topological polar surface area (TPSA) is 92.0 Å². The SMILES string of the molecule is CCOC(=O)C1=C(C)N=c2s/c(=C\c3ccncc3)c(=O)n2[C@H]1c1ccc(OC)c(OCC)c1. The molecule has 176 valence electrons. The van der Waals surface area contributed by atoms with E-state index >= 15 is 0 Å². The second kappa shape index (κ2) is 10.0. The largest absolute Gasteiger partial charge is 0.493 e. The highest BCUT2D eigenvalue weighted by molar-refractivity contribution is 7.07. The highest BCUT2D eigenvalue weighted by Crippen LogP contribution is 2.36. The van der Waals surface area contributed by atoms with Gasteiger partial charge in [0.25, 0.3) is 5.56 Å². The molecule has 0 spiro atoms. The van der Waals surface area contributed by atoms with E-state index in [0.29, 0.717) is 44.3 Å². The van der Waals surface area contributed by atoms with Crippen LogP contribution in [0.3, 0.4) is 0 Å². The van der Waals surface area contributed by atoms with E-state index in [-0.39, 0.29) is 12.2 Å². The van der Waals surface area contributed by atoms with E-state index < -0.39 is 12.0 Å². The van der Waals surface area contributed by atoms with Crippen LogP contribution in [-0.2, 0) is 9.53 Å². The predicted octanol–water partition coefficient (Wildman–Crippen LogP) is 2.60. The maximum absolute atomic E-state index is 13.6. The molecule has 3 aromatic rings. The Morgan fingerprint density at radius 2 is 1.91 bits per heavy atom. The first-order valence-electron chi connectivity index (χ1n) is 10.9. The molecule has 9 heteroatoms. The van der Waals surface area contributed by atoms with Crippen LogP contribution >= 0.6 is 11.3 Å². The molecule has 0 unspecified atom stereocenters. The molecule has 0 saturated carbocycles. The Balaban J connectivity index is 1.97. The first-order chi connectivity index (χ1) is 16.5. The van der Waals surface area contributed by atoms with Crippen molar-refractivity contribution in [1.82, 2.24) is 9.55 Å². The molecule has 1 aromatic carbocycles. The molecule has 0 bridgehead atoms. The third-order valence-electron chi connectivity index (χ3n) is 5.32. The monoisotopic (exact) mass is 479 g/mol. The molecule has 0 saturated heterocycles. The Kier molecular flexibility index (Phi) is 6.93. The van der Waals surface area contributed by atoms with Gasteiger partial charge >= 0.3 is 5.97 Å². The van der Waals surface area contributed by atoms with Crippen molar-refractivity contribution in [3.8, 4) is 11.5 Å². The number of allylic oxidation sites excluding steroid dienone is 1. The van der Waals surface area contributed by atoms with Crippen LogP contribution in [0.5, 0.6) is 11.5 Å². The summed E-state index contributed by atoms with van der Waals surface area (Å²) in [7, 11) is 1.56. The van der Waals surface area contributed by atoms with E-state index in [1.54, 1.807) is 56.1 Å². The maximum atomic E-state index is 13.6. The molecule has 8 nitrogen and oxygen atoms in total. The highest BCUT2D eigenvalue weighted by atomic mass is 32.1. The molecule has 1 aliphatic rings. The van der Waals surface area contributed by atoms with Crippen molar-refractivity contribution in [2.75, 3.05) is 20.3 Å². The van der Waals surface area contributed by atoms with E-state index in [4.69, 9.17) is 14.2 Å². The average molecular weight is 480 g/mol. The lowest BCUT2D eigenvalue weighted by Gasteiger charge is -2.25. The lowest BCUT2D eigenvalue weighted by atomic mass is 9.95. The molecule has 2 aromatic heterocycles. The van der Waals surface area contributed by atoms with Gasteiger partial charge in [0.1, 0.15) is 0 Å². The molecule has 34 heavy (non-hydrogen) atoms. The Morgan fingerprint density at radius 3 is 2.59 bits per heavy atom. The molecule has 0 amide bonds. The molecular formula is C25H25N3O5S. The number of esters is 1. The minimum absolute atomic E-state index is 0.210. The van der Waals surface area contributed by atoms with E-state index in [1.807, 2.05) is 25.1 Å². The van der Waals surface area contributed by atoms with Crippen LogP contribution in [0.25, 0.3) is 6.08 Å². The molecule has 4 rings (SSSR count). The van der Waals surface area contributed by atoms with Crippen molar-refractivity contribution >= 4 is 23.4 Å². The number of carbonyl (C=O) groups excluding carboxylic acids is 1. The van der Waals surface area contributed by atoms with Gasteiger partial charge in [-0.2, -0.15) is 0 Å². The normalized spacial score (nSPS) is 15.5. The summed E-state index contributed by atoms with van der Waals surface area (Å²) >= 11 is 1.27. The summed E-state index contributed by atoms with van der Waals surface area (Å²) in [5.41, 5.74) is 2.12. The van der Waals surface area contributed by atoms with Gasteiger partial charge in [0, 0.05) is 12.4 Å². The number of pyridine rings is 1. The van der Waals surface area contributed by atoms with Gasteiger partial charge in [0.15, 0.2) is 16.3 Å². The summed E-state index contributed by atoms with van der Waals surface area (Å²) in [6.07, 6.45) is 5.13. The summed E-state index contributed by atoms with van der Waals surface area (Å²) in [5.74, 6) is 0.583. The third kappa shape index (κ3) is 4.38. The van der Waals surface area contributed by atoms with Crippen molar-refractivity contribution in [2.45, 2.75) is 26.8 Å². The van der Waals surface area contributed by atoms with E-state index in [0.717, 1.165) is 5.56 Å². The Morgan fingerprint density at radius 1 is 1.15 bits per heavy atom. The number of rotatable bonds is 7. The van der Waals surface area contributed by atoms with E-state index in [9.17, 15) is 9.59 Å². The molecule has 1 aliphatic heterocycles. The fourth-order valence-electron chi connectivity index (χ4n) is 3.85. The number of fused-ring (bicyclic) bond motifs is 1. The average Bonchev–Trinajstić information content (AvgIpc) is 3.13. The van der Waals surface area contributed by atoms with Crippen LogP contribution in [0, 0.1) is 0 Å². The van der Waals surface area contributed by atoms with Crippen LogP contribution < -0.4 is 24.4 Å². The standard InChI is InChI=1S/C25H25N3O5S/c1-5-32-19-14-17(7-8-18(19)31-4)22-21(24(30)33-6-2)15(3)27-25-28(22)23(29)20(34-25)13-16-9-11-26-12-10-16/h7-14,22H,5-6H2,1-4H3/b20-13-/t22-/m0/s1. The number of methoxy groups -OCH3 is 1. The van der Waals surface area contributed by atoms with Crippen molar-refractivity contribution in [3.05, 3.63) is 84.8 Å². The maximum Gasteiger partial charge on any atom is 0.338 e. The van der Waals surface area contributed by atoms with Crippen molar-refractivity contribution in [3.63, 3.8) is 0 Å². The van der Waals surface area contributed by atoms with Crippen molar-refractivity contribution in [2.24, 2.45) is 4.99 Å². The lowest BCUT2D eigenvalue weighted by molar-refractivity contribution is -0.139. The second-order valence-electron chi connectivity index (χ2n) is 7.43. The predicted molar refractivity (Wildman–Crippen MR) is 129 cm³/mol. The van der Waals surface area contributed by atoms with Gasteiger partial charge in [-0.1, -0.05) is 17.4 Å². The number of nitrogens with zero attached hydrogens (tertiary/aromatic N) is 3. The van der Waals surface area contributed by atoms with E-state index in [1.165, 1.54) is 11.3 Å². The quantitative estimate of drug-likeness (QED) is 0.484. The summed E-state index contributed by atoms with van der Waals surface area (Å²) in [4.78, 5) is 35.8. The Hall–Kier alpha value is -3.72. The number of ether oxygens (including phenoxy) is 3. The first-order valence-corrected chi connectivity index (χ1v) is 11.7. The van der Waals surface area contributed by atoms with Crippen LogP contribution in [-0.4, -0.2) is 35.8 Å². The number of hydrogen-bond donors (Lipinski definition) is 0. The smallest absolute Gasteiger partial charge is 0.338 e. The summed E-state index contributed by atoms with van der Waals surface area (Å²) < 4.78 is 18.6. The van der Waals surface area contributed by atoms with Crippen LogP contribution in [0.4, 0.5) is 0 Å². The minimum atomic E-state index is -0.722. The van der Waals surface area contributed by atoms with Gasteiger partial charge in [-0.05, 0) is 62.2 Å². The molecule has 3 heterocycles. The van der Waals surface area contributed by atoms with Crippen LogP contribution in [0.1, 0.15) is 37.9 Å². The summed E-state index contributed by atoms with van der Waals surface area (Å²) in [6.45, 7) is 6.03. The number of thiazole rings is 1. The number of carbonyl (C=O) groups is 1. The van der Waals surface area contributed by atoms with E-state index in [2.05, 4.69) is 9.98 Å². The third-order valence-corrected chi connectivity index (χ3v) is 6.31. The number of aromatic nitrogens is 2. The fraction of sp³-hybridized carbons (Fsp3) is 0.280. The number of hydrogen-bond acceptors (Lipinski definition) is 8. The fourth-order valence-corrected chi connectivity index (χ4v) is 4.90. The zero-order valence-corrected chi connectivity index (χ0v) is 20.2. The molecule has 0 aliphatic carbocycles. The Bertz CT molecular complexity index is 1420. The molecule has 0 fully saturated rings.